The largest absolute Gasteiger partial charge is 0.501 e. The second-order valence-electron chi connectivity index (χ2n) is 6.87. The molecule has 5 nitrogen and oxygen atoms in total. The highest BCUT2D eigenvalue weighted by Crippen LogP contribution is 2.38. The lowest BCUT2D eigenvalue weighted by Gasteiger charge is -2.34. The van der Waals surface area contributed by atoms with Gasteiger partial charge in [-0.05, 0) is 43.2 Å². The molecule has 1 fully saturated rings. The van der Waals surface area contributed by atoms with Gasteiger partial charge >= 0.3 is 0 Å². The van der Waals surface area contributed by atoms with Crippen LogP contribution in [0.3, 0.4) is 0 Å². The predicted molar refractivity (Wildman–Crippen MR) is 115 cm³/mol. The summed E-state index contributed by atoms with van der Waals surface area (Å²) in [6, 6.07) is 11.9. The first-order valence-electron chi connectivity index (χ1n) is 9.04. The van der Waals surface area contributed by atoms with Crippen LogP contribution in [0, 0.1) is 5.92 Å². The monoisotopic (exact) mass is 476 g/mol. The fourth-order valence-corrected chi connectivity index (χ4v) is 3.79. The molecular weight excluding hydrogens is 460 g/mol. The average Bonchev–Trinajstić information content (AvgIpc) is 2.67. The fraction of sp³-hybridized carbons (Fsp3) is 0.227. The standard InChI is InChI=1S/C22H18BrClO5/c1-12(26-2)13-8-15(9-13)28-29-21-10-14(23)6-7-17(21)20-11-19(25)16-4-3-5-18(24)22(16)27-20/h3-7,10-11,13,15H,1,8-9H2,2H3. The SMILES string of the molecule is C=C(OC)C1CC(OOc2cc(Br)ccc2-c2cc(=O)c3cccc(Cl)c3o2)C1. The van der Waals surface area contributed by atoms with Gasteiger partial charge in [-0.1, -0.05) is 40.2 Å². The van der Waals surface area contributed by atoms with Crippen molar-refractivity contribution in [2.45, 2.75) is 18.9 Å². The molecule has 0 bridgehead atoms. The third kappa shape index (κ3) is 4.06. The normalized spacial score (nSPS) is 18.3. The molecule has 0 saturated heterocycles. The molecule has 0 amide bonds. The summed E-state index contributed by atoms with van der Waals surface area (Å²) >= 11 is 9.65. The highest BCUT2D eigenvalue weighted by atomic mass is 79.9. The lowest BCUT2D eigenvalue weighted by atomic mass is 9.81. The Balaban J connectivity index is 1.61. The first-order chi connectivity index (χ1) is 14.0. The van der Waals surface area contributed by atoms with E-state index in [0.29, 0.717) is 33.1 Å². The van der Waals surface area contributed by atoms with Crippen LogP contribution in [0.1, 0.15) is 12.8 Å². The molecule has 3 aromatic rings. The van der Waals surface area contributed by atoms with Gasteiger partial charge in [-0.25, -0.2) is 0 Å². The molecule has 0 atom stereocenters. The van der Waals surface area contributed by atoms with E-state index in [0.717, 1.165) is 23.1 Å². The van der Waals surface area contributed by atoms with Crippen molar-refractivity contribution < 1.29 is 18.9 Å². The number of methoxy groups -OCH3 is 1. The van der Waals surface area contributed by atoms with Gasteiger partial charge in [0.2, 0.25) is 0 Å². The van der Waals surface area contributed by atoms with Crippen LogP contribution in [0.5, 0.6) is 5.75 Å². The molecule has 1 saturated carbocycles. The minimum absolute atomic E-state index is 0.0585. The first-order valence-corrected chi connectivity index (χ1v) is 10.2. The van der Waals surface area contributed by atoms with Gasteiger partial charge in [0.05, 0.1) is 28.8 Å². The van der Waals surface area contributed by atoms with Gasteiger partial charge in [0.25, 0.3) is 0 Å². The number of para-hydroxylation sites is 1. The summed E-state index contributed by atoms with van der Waals surface area (Å²) in [7, 11) is 1.62. The van der Waals surface area contributed by atoms with E-state index in [1.807, 2.05) is 6.07 Å². The summed E-state index contributed by atoms with van der Waals surface area (Å²) in [5.41, 5.74) is 0.745. The third-order valence-corrected chi connectivity index (χ3v) is 5.79. The Morgan fingerprint density at radius 1 is 1.24 bits per heavy atom. The molecule has 1 aromatic heterocycles. The van der Waals surface area contributed by atoms with Gasteiger partial charge in [-0.2, -0.15) is 4.89 Å². The first kappa shape index (κ1) is 20.0. The molecule has 1 aliphatic carbocycles. The molecule has 1 aliphatic rings. The number of hydrogen-bond donors (Lipinski definition) is 0. The van der Waals surface area contributed by atoms with Crippen molar-refractivity contribution in [1.82, 2.24) is 0 Å². The summed E-state index contributed by atoms with van der Waals surface area (Å²) in [4.78, 5) is 23.7. The summed E-state index contributed by atoms with van der Waals surface area (Å²) in [6.07, 6.45) is 1.49. The molecule has 0 spiro atoms. The zero-order valence-electron chi connectivity index (χ0n) is 15.6. The number of ether oxygens (including phenoxy) is 1. The predicted octanol–water partition coefficient (Wildman–Crippen LogP) is 6.13. The van der Waals surface area contributed by atoms with Crippen molar-refractivity contribution in [3.63, 3.8) is 0 Å². The lowest BCUT2D eigenvalue weighted by Crippen LogP contribution is -2.33. The maximum absolute atomic E-state index is 12.5. The van der Waals surface area contributed by atoms with E-state index in [2.05, 4.69) is 22.5 Å². The van der Waals surface area contributed by atoms with Crippen LogP contribution >= 0.6 is 27.5 Å². The Labute approximate surface area is 180 Å². The van der Waals surface area contributed by atoms with Crippen molar-refractivity contribution in [3.8, 4) is 17.1 Å². The van der Waals surface area contributed by atoms with Gasteiger partial charge < -0.3 is 14.0 Å². The number of halogens is 2. The van der Waals surface area contributed by atoms with E-state index in [1.165, 1.54) is 6.07 Å². The van der Waals surface area contributed by atoms with E-state index in [4.69, 9.17) is 30.5 Å². The third-order valence-electron chi connectivity index (χ3n) is 5.00. The second-order valence-corrected chi connectivity index (χ2v) is 8.20. The molecule has 150 valence electrons. The van der Waals surface area contributed by atoms with Crippen LogP contribution in [0.25, 0.3) is 22.3 Å². The maximum atomic E-state index is 12.5. The fourth-order valence-electron chi connectivity index (χ4n) is 3.24. The highest BCUT2D eigenvalue weighted by molar-refractivity contribution is 9.10. The Hall–Kier alpha value is -2.28. The Morgan fingerprint density at radius 3 is 2.79 bits per heavy atom. The van der Waals surface area contributed by atoms with Gasteiger partial charge in [0.15, 0.2) is 16.8 Å². The van der Waals surface area contributed by atoms with E-state index in [1.54, 1.807) is 37.4 Å². The zero-order chi connectivity index (χ0) is 20.5. The minimum Gasteiger partial charge on any atom is -0.501 e. The quantitative estimate of drug-likeness (QED) is 0.243. The van der Waals surface area contributed by atoms with Gasteiger partial charge in [-0.3, -0.25) is 4.79 Å². The molecular formula is C22H18BrClO5. The van der Waals surface area contributed by atoms with E-state index in [9.17, 15) is 4.79 Å². The van der Waals surface area contributed by atoms with Crippen LogP contribution in [0.15, 0.2) is 68.5 Å². The summed E-state index contributed by atoms with van der Waals surface area (Å²) in [5, 5.41) is 0.798. The molecule has 0 unspecified atom stereocenters. The molecule has 2 aromatic carbocycles. The number of allylic oxidation sites excluding steroid dienone is 1. The van der Waals surface area contributed by atoms with Crippen LogP contribution < -0.4 is 10.3 Å². The van der Waals surface area contributed by atoms with Crippen molar-refractivity contribution in [1.29, 1.82) is 0 Å². The summed E-state index contributed by atoms with van der Waals surface area (Å²) in [6.45, 7) is 3.88. The Morgan fingerprint density at radius 2 is 2.03 bits per heavy atom. The molecule has 29 heavy (non-hydrogen) atoms. The van der Waals surface area contributed by atoms with Crippen LogP contribution in [-0.2, 0) is 9.62 Å². The Kier molecular flexibility index (Phi) is 5.67. The van der Waals surface area contributed by atoms with Crippen molar-refractivity contribution in [2.75, 3.05) is 7.11 Å². The van der Waals surface area contributed by atoms with Gasteiger partial charge in [-0.15, -0.1) is 0 Å². The van der Waals surface area contributed by atoms with E-state index < -0.39 is 0 Å². The molecule has 4 rings (SSSR count). The molecule has 0 radical (unpaired) electrons. The molecule has 0 N–H and O–H groups in total. The second kappa shape index (κ2) is 8.22. The van der Waals surface area contributed by atoms with Gasteiger partial charge in [0.1, 0.15) is 11.9 Å². The zero-order valence-corrected chi connectivity index (χ0v) is 18.0. The van der Waals surface area contributed by atoms with E-state index >= 15 is 0 Å². The highest BCUT2D eigenvalue weighted by Gasteiger charge is 2.34. The minimum atomic E-state index is -0.182. The van der Waals surface area contributed by atoms with Crippen LogP contribution in [0.4, 0.5) is 0 Å². The number of fused-ring (bicyclic) bond motifs is 1. The maximum Gasteiger partial charge on any atom is 0.193 e. The topological polar surface area (TPSA) is 57.9 Å². The summed E-state index contributed by atoms with van der Waals surface area (Å²) < 4.78 is 11.9. The number of rotatable bonds is 6. The molecule has 0 aliphatic heterocycles. The van der Waals surface area contributed by atoms with Gasteiger partial charge in [0, 0.05) is 16.5 Å². The van der Waals surface area contributed by atoms with Crippen LogP contribution in [-0.4, -0.2) is 13.2 Å². The average molecular weight is 478 g/mol. The number of benzene rings is 2. The van der Waals surface area contributed by atoms with E-state index in [-0.39, 0.29) is 17.5 Å². The Bertz CT molecular complexity index is 1130. The van der Waals surface area contributed by atoms with Crippen molar-refractivity contribution in [2.24, 2.45) is 5.92 Å². The van der Waals surface area contributed by atoms with Crippen LogP contribution in [0.2, 0.25) is 5.02 Å². The number of hydrogen-bond acceptors (Lipinski definition) is 5. The molecule has 7 heteroatoms. The van der Waals surface area contributed by atoms with Crippen molar-refractivity contribution in [3.05, 3.63) is 74.5 Å². The smallest absolute Gasteiger partial charge is 0.193 e. The summed E-state index contributed by atoms with van der Waals surface area (Å²) in [5.74, 6) is 1.81. The lowest BCUT2D eigenvalue weighted by molar-refractivity contribution is -0.269. The van der Waals surface area contributed by atoms with Crippen molar-refractivity contribution >= 4 is 38.5 Å². The molecule has 1 heterocycles.